The Labute approximate surface area is 107 Å². The molecule has 5 nitrogen and oxygen atoms in total. The first-order valence-electron chi connectivity index (χ1n) is 5.64. The van der Waals surface area contributed by atoms with E-state index in [1.165, 1.54) is 11.8 Å². The van der Waals surface area contributed by atoms with E-state index in [0.29, 0.717) is 12.5 Å². The molecule has 6 heteroatoms. The van der Waals surface area contributed by atoms with E-state index in [0.717, 1.165) is 24.2 Å². The second-order valence-corrected chi connectivity index (χ2v) is 4.06. The number of aromatic nitrogens is 3. The molecule has 0 spiro atoms. The monoisotopic (exact) mass is 253 g/mol. The number of hydrogen-bond donors (Lipinski definition) is 1. The molecule has 0 aromatic carbocycles. The summed E-state index contributed by atoms with van der Waals surface area (Å²) in [5, 5.41) is 3.82. The van der Waals surface area contributed by atoms with Gasteiger partial charge in [-0.3, -0.25) is 0 Å². The first-order chi connectivity index (χ1) is 8.24. The van der Waals surface area contributed by atoms with Crippen LogP contribution < -0.4 is 10.2 Å². The zero-order chi connectivity index (χ0) is 12.7. The predicted octanol–water partition coefficient (Wildman–Crippen LogP) is 2.04. The number of thioether (sulfide) groups is 1. The van der Waals surface area contributed by atoms with Gasteiger partial charge in [-0.25, -0.2) is 0 Å². The Kier molecular flexibility index (Phi) is 5.76. The number of hydrogen-bond acceptors (Lipinski definition) is 6. The summed E-state index contributed by atoms with van der Waals surface area (Å²) >= 11 is 1.51. The number of nitrogens with zero attached hydrogens (tertiary/aromatic N) is 4. The van der Waals surface area contributed by atoms with Crippen molar-refractivity contribution in [1.29, 1.82) is 0 Å². The molecule has 0 fully saturated rings. The van der Waals surface area contributed by atoms with E-state index in [4.69, 9.17) is 0 Å². The Bertz CT molecular complexity index is 365. The van der Waals surface area contributed by atoms with Gasteiger partial charge in [0.05, 0.1) is 0 Å². The fourth-order valence-corrected chi connectivity index (χ4v) is 1.68. The highest BCUT2D eigenvalue weighted by molar-refractivity contribution is 7.98. The minimum atomic E-state index is 0.603. The van der Waals surface area contributed by atoms with Crippen molar-refractivity contribution in [3.8, 4) is 0 Å². The van der Waals surface area contributed by atoms with Crippen molar-refractivity contribution in [2.75, 3.05) is 36.1 Å². The van der Waals surface area contributed by atoms with Crippen LogP contribution in [0, 0.1) is 0 Å². The van der Waals surface area contributed by atoms with E-state index in [1.54, 1.807) is 6.08 Å². The quantitative estimate of drug-likeness (QED) is 0.593. The molecule has 94 valence electrons. The van der Waals surface area contributed by atoms with Crippen LogP contribution in [0.3, 0.4) is 0 Å². The molecule has 1 aromatic rings. The van der Waals surface area contributed by atoms with Gasteiger partial charge in [0.15, 0.2) is 5.16 Å². The fraction of sp³-hybridized carbons (Fsp3) is 0.545. The summed E-state index contributed by atoms with van der Waals surface area (Å²) in [6.07, 6.45) is 3.73. The first kappa shape index (κ1) is 13.8. The molecule has 0 bridgehead atoms. The van der Waals surface area contributed by atoms with Crippen LogP contribution in [-0.2, 0) is 0 Å². The van der Waals surface area contributed by atoms with Crippen molar-refractivity contribution < 1.29 is 0 Å². The van der Waals surface area contributed by atoms with Crippen LogP contribution in [0.1, 0.15) is 13.8 Å². The van der Waals surface area contributed by atoms with Crippen molar-refractivity contribution in [3.63, 3.8) is 0 Å². The van der Waals surface area contributed by atoms with Crippen LogP contribution in [0.5, 0.6) is 0 Å². The lowest BCUT2D eigenvalue weighted by atomic mass is 10.5. The molecule has 0 saturated carbocycles. The smallest absolute Gasteiger partial charge is 0.231 e. The standard InChI is InChI=1S/C11H19N5S/c1-5-8-12-9-13-10(16(6-2)7-3)15-11(14-9)17-4/h5H,1,6-8H2,2-4H3,(H,12,13,14,15). The second-order valence-electron chi connectivity index (χ2n) is 3.29. The Hall–Kier alpha value is -1.30. The van der Waals surface area contributed by atoms with Gasteiger partial charge < -0.3 is 10.2 Å². The van der Waals surface area contributed by atoms with Crippen molar-refractivity contribution >= 4 is 23.7 Å². The Morgan fingerprint density at radius 3 is 2.53 bits per heavy atom. The van der Waals surface area contributed by atoms with E-state index >= 15 is 0 Å². The summed E-state index contributed by atoms with van der Waals surface area (Å²) in [6, 6.07) is 0. The van der Waals surface area contributed by atoms with Gasteiger partial charge in [0.25, 0.3) is 0 Å². The molecular formula is C11H19N5S. The van der Waals surface area contributed by atoms with Crippen molar-refractivity contribution in [3.05, 3.63) is 12.7 Å². The van der Waals surface area contributed by atoms with Crippen LogP contribution >= 0.6 is 11.8 Å². The molecule has 17 heavy (non-hydrogen) atoms. The molecule has 0 amide bonds. The summed E-state index contributed by atoms with van der Waals surface area (Å²) in [5.41, 5.74) is 0. The fourth-order valence-electron chi connectivity index (χ4n) is 1.33. The van der Waals surface area contributed by atoms with Crippen LogP contribution in [0.15, 0.2) is 17.8 Å². The summed E-state index contributed by atoms with van der Waals surface area (Å²) in [7, 11) is 0. The minimum absolute atomic E-state index is 0.603. The molecule has 0 atom stereocenters. The molecule has 0 aliphatic rings. The van der Waals surface area contributed by atoms with E-state index in [9.17, 15) is 0 Å². The maximum atomic E-state index is 4.40. The second kappa shape index (κ2) is 7.11. The van der Waals surface area contributed by atoms with Gasteiger partial charge in [0.1, 0.15) is 0 Å². The Morgan fingerprint density at radius 2 is 2.00 bits per heavy atom. The summed E-state index contributed by atoms with van der Waals surface area (Å²) < 4.78 is 0. The van der Waals surface area contributed by atoms with Gasteiger partial charge in [-0.05, 0) is 20.1 Å². The molecule has 0 radical (unpaired) electrons. The highest BCUT2D eigenvalue weighted by atomic mass is 32.2. The third-order valence-corrected chi connectivity index (χ3v) is 2.78. The number of rotatable bonds is 7. The molecule has 1 N–H and O–H groups in total. The van der Waals surface area contributed by atoms with E-state index in [1.807, 2.05) is 6.26 Å². The number of anilines is 2. The highest BCUT2D eigenvalue weighted by Crippen LogP contribution is 2.16. The topological polar surface area (TPSA) is 53.9 Å². The van der Waals surface area contributed by atoms with Crippen LogP contribution in [0.25, 0.3) is 0 Å². The lowest BCUT2D eigenvalue weighted by Crippen LogP contribution is -2.25. The normalized spacial score (nSPS) is 10.1. The van der Waals surface area contributed by atoms with E-state index < -0.39 is 0 Å². The molecule has 0 saturated heterocycles. The van der Waals surface area contributed by atoms with Crippen LogP contribution in [0.4, 0.5) is 11.9 Å². The van der Waals surface area contributed by atoms with E-state index in [-0.39, 0.29) is 0 Å². The highest BCUT2D eigenvalue weighted by Gasteiger charge is 2.09. The van der Waals surface area contributed by atoms with Gasteiger partial charge in [0.2, 0.25) is 11.9 Å². The predicted molar refractivity (Wildman–Crippen MR) is 73.9 cm³/mol. The Morgan fingerprint density at radius 1 is 1.29 bits per heavy atom. The lowest BCUT2D eigenvalue weighted by Gasteiger charge is -2.19. The van der Waals surface area contributed by atoms with Gasteiger partial charge >= 0.3 is 0 Å². The van der Waals surface area contributed by atoms with Crippen molar-refractivity contribution in [2.45, 2.75) is 19.0 Å². The zero-order valence-electron chi connectivity index (χ0n) is 10.6. The minimum Gasteiger partial charge on any atom is -0.351 e. The largest absolute Gasteiger partial charge is 0.351 e. The van der Waals surface area contributed by atoms with Crippen molar-refractivity contribution in [1.82, 2.24) is 15.0 Å². The average molecular weight is 253 g/mol. The molecule has 0 aliphatic heterocycles. The number of nitrogens with one attached hydrogen (secondary N) is 1. The van der Waals surface area contributed by atoms with Gasteiger partial charge in [0, 0.05) is 19.6 Å². The first-order valence-corrected chi connectivity index (χ1v) is 6.87. The van der Waals surface area contributed by atoms with Crippen LogP contribution in [0.2, 0.25) is 0 Å². The van der Waals surface area contributed by atoms with Crippen LogP contribution in [-0.4, -0.2) is 40.8 Å². The average Bonchev–Trinajstić information content (AvgIpc) is 2.37. The van der Waals surface area contributed by atoms with Gasteiger partial charge in [-0.1, -0.05) is 17.8 Å². The van der Waals surface area contributed by atoms with Gasteiger partial charge in [-0.2, -0.15) is 15.0 Å². The maximum absolute atomic E-state index is 4.40. The molecule has 1 heterocycles. The SMILES string of the molecule is C=CCNc1nc(SC)nc(N(CC)CC)n1. The zero-order valence-corrected chi connectivity index (χ0v) is 11.4. The van der Waals surface area contributed by atoms with E-state index in [2.05, 4.69) is 45.6 Å². The summed E-state index contributed by atoms with van der Waals surface area (Å²) in [5.74, 6) is 1.33. The molecule has 1 rings (SSSR count). The lowest BCUT2D eigenvalue weighted by molar-refractivity contribution is 0.784. The van der Waals surface area contributed by atoms with Crippen molar-refractivity contribution in [2.24, 2.45) is 0 Å². The third-order valence-electron chi connectivity index (χ3n) is 2.24. The molecule has 1 aromatic heterocycles. The third kappa shape index (κ3) is 3.89. The van der Waals surface area contributed by atoms with Gasteiger partial charge in [-0.15, -0.1) is 6.58 Å². The summed E-state index contributed by atoms with van der Waals surface area (Å²) in [4.78, 5) is 15.2. The summed E-state index contributed by atoms with van der Waals surface area (Å²) in [6.45, 7) is 10.2. The molecular weight excluding hydrogens is 234 g/mol. The molecule has 0 aliphatic carbocycles. The molecule has 0 unspecified atom stereocenters. The maximum Gasteiger partial charge on any atom is 0.231 e. The Balaban J connectivity index is 2.99.